The molecule has 1 nitrogen and oxygen atoms in total. The van der Waals surface area contributed by atoms with Gasteiger partial charge < -0.3 is 5.73 Å². The Balaban J connectivity index is 2.45. The zero-order chi connectivity index (χ0) is 14.0. The summed E-state index contributed by atoms with van der Waals surface area (Å²) in [6, 6.07) is 10.7. The minimum Gasteiger partial charge on any atom is -0.324 e. The second-order valence-corrected chi connectivity index (χ2v) is 5.95. The minimum atomic E-state index is -0.226. The van der Waals surface area contributed by atoms with Gasteiger partial charge >= 0.3 is 0 Å². The van der Waals surface area contributed by atoms with E-state index in [9.17, 15) is 4.39 Å². The first-order chi connectivity index (χ1) is 8.99. The van der Waals surface area contributed by atoms with Gasteiger partial charge in [0.05, 0.1) is 5.02 Å². The van der Waals surface area contributed by atoms with Crippen LogP contribution in [-0.2, 0) is 0 Å². The van der Waals surface area contributed by atoms with Crippen molar-refractivity contribution in [2.45, 2.75) is 29.7 Å². The molecule has 0 spiro atoms. The summed E-state index contributed by atoms with van der Waals surface area (Å²) in [5.41, 5.74) is 7.32. The van der Waals surface area contributed by atoms with E-state index in [0.717, 1.165) is 15.4 Å². The van der Waals surface area contributed by atoms with Crippen molar-refractivity contribution in [3.05, 3.63) is 58.4 Å². The summed E-state index contributed by atoms with van der Waals surface area (Å²) < 4.78 is 13.6. The van der Waals surface area contributed by atoms with E-state index in [4.69, 9.17) is 17.3 Å². The molecule has 2 aromatic rings. The van der Waals surface area contributed by atoms with E-state index in [2.05, 4.69) is 0 Å². The fraction of sp³-hybridized carbons (Fsp3) is 0.200. The molecule has 100 valence electrons. The predicted octanol–water partition coefficient (Wildman–Crippen LogP) is 4.96. The summed E-state index contributed by atoms with van der Waals surface area (Å²) in [5, 5.41) is 0.685. The highest BCUT2D eigenvalue weighted by molar-refractivity contribution is 7.99. The lowest BCUT2D eigenvalue weighted by Crippen LogP contribution is -2.07. The van der Waals surface area contributed by atoms with E-state index in [1.54, 1.807) is 6.92 Å². The molecule has 0 aliphatic carbocycles. The average molecular weight is 296 g/mol. The summed E-state index contributed by atoms with van der Waals surface area (Å²) in [6.45, 7) is 3.59. The molecule has 0 radical (unpaired) electrons. The topological polar surface area (TPSA) is 26.0 Å². The van der Waals surface area contributed by atoms with Crippen molar-refractivity contribution < 1.29 is 4.39 Å². The van der Waals surface area contributed by atoms with Crippen LogP contribution in [0.2, 0.25) is 5.02 Å². The fourth-order valence-corrected chi connectivity index (χ4v) is 3.16. The number of halogens is 2. The molecule has 0 bridgehead atoms. The SMILES string of the molecule is Cc1cc(Sc2ccccc2Cl)c(C(C)N)cc1F. The van der Waals surface area contributed by atoms with Crippen LogP contribution in [0.25, 0.3) is 0 Å². The third-order valence-corrected chi connectivity index (χ3v) is 4.43. The Labute approximate surface area is 122 Å². The van der Waals surface area contributed by atoms with Crippen molar-refractivity contribution in [1.82, 2.24) is 0 Å². The van der Waals surface area contributed by atoms with E-state index in [0.29, 0.717) is 10.6 Å². The maximum Gasteiger partial charge on any atom is 0.126 e. The Morgan fingerprint density at radius 3 is 2.53 bits per heavy atom. The number of hydrogen-bond donors (Lipinski definition) is 1. The first-order valence-corrected chi connectivity index (χ1v) is 7.16. The first kappa shape index (κ1) is 14.4. The molecule has 19 heavy (non-hydrogen) atoms. The monoisotopic (exact) mass is 295 g/mol. The molecule has 2 N–H and O–H groups in total. The Hall–Kier alpha value is -1.03. The maximum absolute atomic E-state index is 13.6. The van der Waals surface area contributed by atoms with Crippen LogP contribution in [0.3, 0.4) is 0 Å². The second-order valence-electron chi connectivity index (χ2n) is 4.46. The highest BCUT2D eigenvalue weighted by Crippen LogP contribution is 2.37. The van der Waals surface area contributed by atoms with Crippen LogP contribution in [0, 0.1) is 12.7 Å². The molecule has 0 saturated carbocycles. The van der Waals surface area contributed by atoms with Gasteiger partial charge in [0, 0.05) is 15.8 Å². The van der Waals surface area contributed by atoms with Crippen molar-refractivity contribution in [3.63, 3.8) is 0 Å². The molecular weight excluding hydrogens is 281 g/mol. The quantitative estimate of drug-likeness (QED) is 0.866. The molecule has 0 saturated heterocycles. The van der Waals surface area contributed by atoms with Crippen LogP contribution in [0.1, 0.15) is 24.1 Å². The van der Waals surface area contributed by atoms with Crippen molar-refractivity contribution >= 4 is 23.4 Å². The van der Waals surface area contributed by atoms with Gasteiger partial charge in [0.15, 0.2) is 0 Å². The summed E-state index contributed by atoms with van der Waals surface area (Å²) in [5.74, 6) is -0.226. The molecule has 2 rings (SSSR count). The van der Waals surface area contributed by atoms with Gasteiger partial charge in [-0.15, -0.1) is 0 Å². The van der Waals surface area contributed by atoms with E-state index >= 15 is 0 Å². The van der Waals surface area contributed by atoms with Crippen LogP contribution in [0.5, 0.6) is 0 Å². The normalized spacial score (nSPS) is 12.5. The number of rotatable bonds is 3. The second kappa shape index (κ2) is 5.95. The molecule has 0 fully saturated rings. The Morgan fingerprint density at radius 1 is 1.21 bits per heavy atom. The summed E-state index contributed by atoms with van der Waals surface area (Å²) in [4.78, 5) is 1.89. The first-order valence-electron chi connectivity index (χ1n) is 5.97. The number of nitrogens with two attached hydrogens (primary N) is 1. The molecule has 0 aliphatic rings. The number of hydrogen-bond acceptors (Lipinski definition) is 2. The van der Waals surface area contributed by atoms with Crippen LogP contribution in [0.15, 0.2) is 46.2 Å². The zero-order valence-electron chi connectivity index (χ0n) is 10.8. The Morgan fingerprint density at radius 2 is 1.89 bits per heavy atom. The highest BCUT2D eigenvalue weighted by atomic mass is 35.5. The van der Waals surface area contributed by atoms with E-state index in [1.165, 1.54) is 17.8 Å². The van der Waals surface area contributed by atoms with E-state index < -0.39 is 0 Å². The third kappa shape index (κ3) is 3.30. The third-order valence-electron chi connectivity index (χ3n) is 2.84. The van der Waals surface area contributed by atoms with Gasteiger partial charge in [-0.3, -0.25) is 0 Å². The van der Waals surface area contributed by atoms with Crippen molar-refractivity contribution in [2.75, 3.05) is 0 Å². The molecule has 0 amide bonds. The largest absolute Gasteiger partial charge is 0.324 e. The zero-order valence-corrected chi connectivity index (χ0v) is 12.4. The Bertz CT molecular complexity index is 599. The van der Waals surface area contributed by atoms with Gasteiger partial charge in [-0.2, -0.15) is 0 Å². The lowest BCUT2D eigenvalue weighted by molar-refractivity contribution is 0.610. The highest BCUT2D eigenvalue weighted by Gasteiger charge is 2.13. The Kier molecular flexibility index (Phi) is 4.50. The van der Waals surface area contributed by atoms with Crippen LogP contribution in [-0.4, -0.2) is 0 Å². The van der Waals surface area contributed by atoms with Crippen LogP contribution >= 0.6 is 23.4 Å². The fourth-order valence-electron chi connectivity index (χ4n) is 1.76. The number of benzene rings is 2. The molecule has 0 heterocycles. The smallest absolute Gasteiger partial charge is 0.126 e. The molecule has 2 aromatic carbocycles. The van der Waals surface area contributed by atoms with Crippen molar-refractivity contribution in [1.29, 1.82) is 0 Å². The standard InChI is InChI=1S/C15H15ClFNS/c1-9-7-15(11(10(2)18)8-13(9)17)19-14-6-4-3-5-12(14)16/h3-8,10H,18H2,1-2H3. The lowest BCUT2D eigenvalue weighted by Gasteiger charge is -2.14. The van der Waals surface area contributed by atoms with Gasteiger partial charge in [0.1, 0.15) is 5.82 Å². The molecule has 1 unspecified atom stereocenters. The van der Waals surface area contributed by atoms with Crippen molar-refractivity contribution in [3.8, 4) is 0 Å². The predicted molar refractivity (Wildman–Crippen MR) is 79.3 cm³/mol. The average Bonchev–Trinajstić information content (AvgIpc) is 2.36. The molecule has 0 aromatic heterocycles. The van der Waals surface area contributed by atoms with Gasteiger partial charge in [-0.1, -0.05) is 35.5 Å². The molecule has 4 heteroatoms. The van der Waals surface area contributed by atoms with Crippen LogP contribution < -0.4 is 5.73 Å². The lowest BCUT2D eigenvalue weighted by atomic mass is 10.1. The number of aryl methyl sites for hydroxylation is 1. The summed E-state index contributed by atoms with van der Waals surface area (Å²) in [6.07, 6.45) is 0. The van der Waals surface area contributed by atoms with Gasteiger partial charge in [0.25, 0.3) is 0 Å². The van der Waals surface area contributed by atoms with Gasteiger partial charge in [-0.05, 0) is 49.2 Å². The van der Waals surface area contributed by atoms with E-state index in [-0.39, 0.29) is 11.9 Å². The molecular formula is C15H15ClFNS. The molecule has 1 atom stereocenters. The maximum atomic E-state index is 13.6. The van der Waals surface area contributed by atoms with Crippen LogP contribution in [0.4, 0.5) is 4.39 Å². The van der Waals surface area contributed by atoms with Gasteiger partial charge in [0.2, 0.25) is 0 Å². The van der Waals surface area contributed by atoms with E-state index in [1.807, 2.05) is 37.3 Å². The summed E-state index contributed by atoms with van der Waals surface area (Å²) >= 11 is 7.66. The molecule has 0 aliphatic heterocycles. The summed E-state index contributed by atoms with van der Waals surface area (Å²) in [7, 11) is 0. The minimum absolute atomic E-state index is 0.222. The van der Waals surface area contributed by atoms with Crippen molar-refractivity contribution in [2.24, 2.45) is 5.73 Å². The van der Waals surface area contributed by atoms with Gasteiger partial charge in [-0.25, -0.2) is 4.39 Å².